The van der Waals surface area contributed by atoms with Crippen LogP contribution in [-0.2, 0) is 4.79 Å². The number of carbonyl (C=O) groups is 1. The second kappa shape index (κ2) is 5.44. The van der Waals surface area contributed by atoms with Gasteiger partial charge in [-0.05, 0) is 45.2 Å². The first-order valence-corrected chi connectivity index (χ1v) is 7.27. The highest BCUT2D eigenvalue weighted by Gasteiger charge is 2.45. The van der Waals surface area contributed by atoms with Crippen LogP contribution >= 0.6 is 0 Å². The summed E-state index contributed by atoms with van der Waals surface area (Å²) in [6.07, 6.45) is 2.74. The van der Waals surface area contributed by atoms with Crippen LogP contribution in [0.3, 0.4) is 0 Å². The molecule has 1 saturated carbocycles. The van der Waals surface area contributed by atoms with Crippen molar-refractivity contribution < 1.29 is 9.90 Å². The van der Waals surface area contributed by atoms with Crippen molar-refractivity contribution in [2.75, 3.05) is 11.4 Å². The van der Waals surface area contributed by atoms with Gasteiger partial charge in [-0.15, -0.1) is 0 Å². The molecule has 1 aliphatic carbocycles. The number of phenols is 1. The monoisotopic (exact) mass is 276 g/mol. The van der Waals surface area contributed by atoms with E-state index in [1.807, 2.05) is 26.8 Å². The summed E-state index contributed by atoms with van der Waals surface area (Å²) in [5.74, 6) is 0.247. The van der Waals surface area contributed by atoms with Crippen molar-refractivity contribution in [2.24, 2.45) is 11.1 Å². The van der Waals surface area contributed by atoms with Crippen molar-refractivity contribution in [1.82, 2.24) is 0 Å². The normalized spacial score (nSPS) is 25.7. The van der Waals surface area contributed by atoms with Crippen LogP contribution in [0.15, 0.2) is 18.2 Å². The maximum absolute atomic E-state index is 12.9. The fourth-order valence-electron chi connectivity index (χ4n) is 3.08. The van der Waals surface area contributed by atoms with Crippen LogP contribution in [0.2, 0.25) is 0 Å². The fraction of sp³-hybridized carbons (Fsp3) is 0.562. The molecule has 20 heavy (non-hydrogen) atoms. The van der Waals surface area contributed by atoms with Crippen LogP contribution < -0.4 is 10.6 Å². The first kappa shape index (κ1) is 14.9. The van der Waals surface area contributed by atoms with Crippen molar-refractivity contribution in [3.05, 3.63) is 23.8 Å². The first-order chi connectivity index (χ1) is 9.40. The number of benzene rings is 1. The number of anilines is 1. The molecule has 0 aromatic heterocycles. The molecule has 0 bridgehead atoms. The topological polar surface area (TPSA) is 66.6 Å². The molecule has 4 heteroatoms. The molecule has 2 unspecified atom stereocenters. The third-order valence-electron chi connectivity index (χ3n) is 4.56. The number of nitrogens with zero attached hydrogens (tertiary/aromatic N) is 1. The Labute approximate surface area is 120 Å². The minimum absolute atomic E-state index is 0.0682. The Morgan fingerprint density at radius 1 is 1.55 bits per heavy atom. The summed E-state index contributed by atoms with van der Waals surface area (Å²) >= 11 is 0. The molecular weight excluding hydrogens is 252 g/mol. The number of rotatable bonds is 3. The number of aromatic hydroxyl groups is 1. The molecular formula is C16H24N2O2. The third kappa shape index (κ3) is 2.40. The van der Waals surface area contributed by atoms with Gasteiger partial charge >= 0.3 is 0 Å². The molecule has 0 spiro atoms. The number of hydrogen-bond acceptors (Lipinski definition) is 3. The van der Waals surface area contributed by atoms with E-state index >= 15 is 0 Å². The molecule has 2 rings (SSSR count). The molecule has 4 nitrogen and oxygen atoms in total. The Morgan fingerprint density at radius 2 is 2.25 bits per heavy atom. The van der Waals surface area contributed by atoms with E-state index in [1.165, 1.54) is 0 Å². The summed E-state index contributed by atoms with van der Waals surface area (Å²) in [4.78, 5) is 14.7. The zero-order valence-electron chi connectivity index (χ0n) is 12.5. The van der Waals surface area contributed by atoms with Gasteiger partial charge in [0.15, 0.2) is 0 Å². The van der Waals surface area contributed by atoms with Crippen molar-refractivity contribution in [1.29, 1.82) is 0 Å². The van der Waals surface area contributed by atoms with E-state index in [-0.39, 0.29) is 17.7 Å². The van der Waals surface area contributed by atoms with E-state index in [4.69, 9.17) is 5.73 Å². The molecule has 0 radical (unpaired) electrons. The van der Waals surface area contributed by atoms with Gasteiger partial charge in [0.25, 0.3) is 0 Å². The summed E-state index contributed by atoms with van der Waals surface area (Å²) in [5.41, 5.74) is 7.42. The van der Waals surface area contributed by atoms with E-state index in [2.05, 4.69) is 0 Å². The first-order valence-electron chi connectivity index (χ1n) is 7.27. The molecule has 0 saturated heterocycles. The van der Waals surface area contributed by atoms with E-state index in [0.29, 0.717) is 6.54 Å². The van der Waals surface area contributed by atoms with Crippen LogP contribution in [0.1, 0.15) is 38.7 Å². The SMILES string of the molecule is CCN(C(=O)C1(C)CCCC1N)c1cc(O)ccc1C. The lowest BCUT2D eigenvalue weighted by Gasteiger charge is -2.34. The number of amides is 1. The van der Waals surface area contributed by atoms with Gasteiger partial charge in [-0.2, -0.15) is 0 Å². The van der Waals surface area contributed by atoms with Gasteiger partial charge in [-0.1, -0.05) is 12.5 Å². The molecule has 0 heterocycles. The smallest absolute Gasteiger partial charge is 0.234 e. The minimum atomic E-state index is -0.492. The minimum Gasteiger partial charge on any atom is -0.508 e. The molecule has 110 valence electrons. The molecule has 0 aliphatic heterocycles. The number of phenolic OH excluding ortho intramolecular Hbond substituents is 1. The standard InChI is InChI=1S/C16H24N2O2/c1-4-18(13-10-12(19)8-7-11(13)2)15(20)16(3)9-5-6-14(16)17/h7-8,10,14,19H,4-6,9,17H2,1-3H3. The molecule has 1 aliphatic rings. The highest BCUT2D eigenvalue weighted by atomic mass is 16.3. The highest BCUT2D eigenvalue weighted by Crippen LogP contribution is 2.40. The summed E-state index contributed by atoms with van der Waals surface area (Å²) < 4.78 is 0. The zero-order chi connectivity index (χ0) is 14.9. The van der Waals surface area contributed by atoms with Crippen molar-refractivity contribution in [2.45, 2.75) is 46.1 Å². The highest BCUT2D eigenvalue weighted by molar-refractivity contribution is 5.98. The Balaban J connectivity index is 2.37. The number of carbonyl (C=O) groups excluding carboxylic acids is 1. The second-order valence-electron chi connectivity index (χ2n) is 5.94. The van der Waals surface area contributed by atoms with Gasteiger partial charge in [0, 0.05) is 18.7 Å². The third-order valence-corrected chi connectivity index (χ3v) is 4.56. The summed E-state index contributed by atoms with van der Waals surface area (Å²) in [5, 5.41) is 9.68. The number of hydrogen-bond donors (Lipinski definition) is 2. The van der Waals surface area contributed by atoms with Gasteiger partial charge in [0.05, 0.1) is 11.1 Å². The largest absolute Gasteiger partial charge is 0.508 e. The fourth-order valence-corrected chi connectivity index (χ4v) is 3.08. The van der Waals surface area contributed by atoms with Crippen LogP contribution in [-0.4, -0.2) is 23.6 Å². The van der Waals surface area contributed by atoms with E-state index in [1.54, 1.807) is 17.0 Å². The van der Waals surface area contributed by atoms with Crippen LogP contribution in [0.25, 0.3) is 0 Å². The van der Waals surface area contributed by atoms with Gasteiger partial charge in [-0.3, -0.25) is 4.79 Å². The summed E-state index contributed by atoms with van der Waals surface area (Å²) in [6, 6.07) is 5.04. The number of nitrogens with two attached hydrogens (primary N) is 1. The molecule has 1 aromatic carbocycles. The van der Waals surface area contributed by atoms with Gasteiger partial charge in [-0.25, -0.2) is 0 Å². The summed E-state index contributed by atoms with van der Waals surface area (Å²) in [6.45, 7) is 6.44. The van der Waals surface area contributed by atoms with E-state index in [0.717, 1.165) is 30.5 Å². The molecule has 2 atom stereocenters. The Morgan fingerprint density at radius 3 is 2.80 bits per heavy atom. The van der Waals surface area contributed by atoms with Crippen molar-refractivity contribution >= 4 is 11.6 Å². The Kier molecular flexibility index (Phi) is 4.04. The second-order valence-corrected chi connectivity index (χ2v) is 5.94. The van der Waals surface area contributed by atoms with Crippen LogP contribution in [0.5, 0.6) is 5.75 Å². The van der Waals surface area contributed by atoms with Gasteiger partial charge < -0.3 is 15.7 Å². The Bertz CT molecular complexity index is 515. The average Bonchev–Trinajstić information content (AvgIpc) is 2.76. The average molecular weight is 276 g/mol. The molecule has 1 aromatic rings. The Hall–Kier alpha value is -1.55. The molecule has 1 fully saturated rings. The predicted molar refractivity (Wildman–Crippen MR) is 80.8 cm³/mol. The molecule has 1 amide bonds. The number of aryl methyl sites for hydroxylation is 1. The maximum atomic E-state index is 12.9. The lowest BCUT2D eigenvalue weighted by molar-refractivity contribution is -0.127. The quantitative estimate of drug-likeness (QED) is 0.891. The van der Waals surface area contributed by atoms with Crippen LogP contribution in [0.4, 0.5) is 5.69 Å². The summed E-state index contributed by atoms with van der Waals surface area (Å²) in [7, 11) is 0. The van der Waals surface area contributed by atoms with E-state index in [9.17, 15) is 9.90 Å². The lowest BCUT2D eigenvalue weighted by Crippen LogP contribution is -2.49. The van der Waals surface area contributed by atoms with Gasteiger partial charge in [0.1, 0.15) is 5.75 Å². The zero-order valence-corrected chi connectivity index (χ0v) is 12.5. The predicted octanol–water partition coefficient (Wildman–Crippen LogP) is 2.57. The molecule has 3 N–H and O–H groups in total. The maximum Gasteiger partial charge on any atom is 0.234 e. The van der Waals surface area contributed by atoms with Crippen LogP contribution in [0, 0.1) is 12.3 Å². The van der Waals surface area contributed by atoms with Crippen molar-refractivity contribution in [3.63, 3.8) is 0 Å². The van der Waals surface area contributed by atoms with E-state index < -0.39 is 5.41 Å². The lowest BCUT2D eigenvalue weighted by atomic mass is 9.83. The van der Waals surface area contributed by atoms with Gasteiger partial charge in [0.2, 0.25) is 5.91 Å². The van der Waals surface area contributed by atoms with Crippen molar-refractivity contribution in [3.8, 4) is 5.75 Å².